The highest BCUT2D eigenvalue weighted by Crippen LogP contribution is 2.24. The van der Waals surface area contributed by atoms with E-state index in [4.69, 9.17) is 10.3 Å². The second-order valence-corrected chi connectivity index (χ2v) is 4.75. The number of nitrogens with zero attached hydrogens (tertiary/aromatic N) is 4. The highest BCUT2D eigenvalue weighted by atomic mass is 16.5. The number of anilines is 4. The Kier molecular flexibility index (Phi) is 4.19. The Morgan fingerprint density at radius 1 is 1.21 bits per heavy atom. The molecule has 122 valence electrons. The first-order valence-corrected chi connectivity index (χ1v) is 6.90. The molecule has 0 radical (unpaired) electrons. The zero-order chi connectivity index (χ0) is 16.9. The minimum Gasteiger partial charge on any atom is -0.393 e. The van der Waals surface area contributed by atoms with E-state index in [-0.39, 0.29) is 17.4 Å². The Hall–Kier alpha value is -3.69. The van der Waals surface area contributed by atoms with Crippen molar-refractivity contribution >= 4 is 29.0 Å². The van der Waals surface area contributed by atoms with Gasteiger partial charge in [-0.15, -0.1) is 0 Å². The first kappa shape index (κ1) is 15.2. The summed E-state index contributed by atoms with van der Waals surface area (Å²) in [7, 11) is 0. The van der Waals surface area contributed by atoms with Crippen LogP contribution in [0, 0.1) is 6.92 Å². The van der Waals surface area contributed by atoms with Crippen molar-refractivity contribution < 1.29 is 9.32 Å². The third kappa shape index (κ3) is 3.38. The third-order valence-electron chi connectivity index (χ3n) is 3.00. The molecular weight excluding hydrogens is 312 g/mol. The third-order valence-corrected chi connectivity index (χ3v) is 3.00. The Morgan fingerprint density at radius 2 is 1.96 bits per heavy atom. The summed E-state index contributed by atoms with van der Waals surface area (Å²) in [6.07, 6.45) is 4.35. The number of carbonyl (C=O) groups excluding carboxylic acids is 1. The number of aromatic nitrogens is 4. The van der Waals surface area contributed by atoms with E-state index in [1.165, 1.54) is 18.7 Å². The van der Waals surface area contributed by atoms with Gasteiger partial charge in [-0.05, 0) is 19.1 Å². The van der Waals surface area contributed by atoms with Gasteiger partial charge in [0.15, 0.2) is 17.5 Å². The van der Waals surface area contributed by atoms with Gasteiger partial charge in [-0.3, -0.25) is 20.6 Å². The van der Waals surface area contributed by atoms with Crippen LogP contribution in [0.15, 0.2) is 41.4 Å². The number of hydrazine groups is 1. The van der Waals surface area contributed by atoms with E-state index in [1.54, 1.807) is 25.1 Å². The van der Waals surface area contributed by atoms with Crippen molar-refractivity contribution in [1.82, 2.24) is 25.5 Å². The van der Waals surface area contributed by atoms with E-state index in [1.807, 2.05) is 0 Å². The van der Waals surface area contributed by atoms with Crippen LogP contribution in [0.3, 0.4) is 0 Å². The van der Waals surface area contributed by atoms with Crippen LogP contribution in [0.25, 0.3) is 0 Å². The van der Waals surface area contributed by atoms with Crippen molar-refractivity contribution in [2.75, 3.05) is 16.5 Å². The maximum atomic E-state index is 12.0. The van der Waals surface area contributed by atoms with E-state index in [2.05, 4.69) is 36.3 Å². The van der Waals surface area contributed by atoms with Crippen molar-refractivity contribution in [2.45, 2.75) is 6.92 Å². The van der Waals surface area contributed by atoms with Crippen molar-refractivity contribution in [1.29, 1.82) is 0 Å². The summed E-state index contributed by atoms with van der Waals surface area (Å²) < 4.78 is 4.96. The quantitative estimate of drug-likeness (QED) is 0.509. The summed E-state index contributed by atoms with van der Waals surface area (Å²) in [5.74, 6) is 1.34. The molecule has 0 fully saturated rings. The minimum atomic E-state index is -0.350. The van der Waals surface area contributed by atoms with Crippen LogP contribution in [-0.2, 0) is 0 Å². The molecule has 10 nitrogen and oxygen atoms in total. The molecule has 24 heavy (non-hydrogen) atoms. The number of rotatable bonds is 5. The highest BCUT2D eigenvalue weighted by Gasteiger charge is 2.11. The van der Waals surface area contributed by atoms with Gasteiger partial charge in [0, 0.05) is 24.0 Å². The molecule has 0 aliphatic carbocycles. The topological polar surface area (TPSA) is 144 Å². The lowest BCUT2D eigenvalue weighted by Crippen LogP contribution is -2.30. The van der Waals surface area contributed by atoms with Crippen molar-refractivity contribution in [3.63, 3.8) is 0 Å². The molecular formula is C14H14N8O2. The second-order valence-electron chi connectivity index (χ2n) is 4.75. The number of aryl methyl sites for hydroxylation is 1. The van der Waals surface area contributed by atoms with Gasteiger partial charge in [0.1, 0.15) is 17.8 Å². The van der Waals surface area contributed by atoms with Gasteiger partial charge in [-0.2, -0.15) is 0 Å². The van der Waals surface area contributed by atoms with E-state index < -0.39 is 0 Å². The van der Waals surface area contributed by atoms with Crippen molar-refractivity contribution in [3.8, 4) is 0 Å². The van der Waals surface area contributed by atoms with Gasteiger partial charge in [0.05, 0.1) is 0 Å². The zero-order valence-electron chi connectivity index (χ0n) is 12.6. The summed E-state index contributed by atoms with van der Waals surface area (Å²) in [6, 6.07) is 4.86. The van der Waals surface area contributed by atoms with Crippen LogP contribution in [-0.4, -0.2) is 26.0 Å². The molecule has 1 amide bonds. The fourth-order valence-corrected chi connectivity index (χ4v) is 1.83. The fraction of sp³-hybridized carbons (Fsp3) is 0.0714. The normalized spacial score (nSPS) is 10.2. The maximum Gasteiger partial charge on any atom is 0.269 e. The minimum absolute atomic E-state index is 0.216. The predicted molar refractivity (Wildman–Crippen MR) is 86.3 cm³/mol. The number of pyridine rings is 1. The van der Waals surface area contributed by atoms with Crippen molar-refractivity contribution in [3.05, 3.63) is 48.2 Å². The van der Waals surface area contributed by atoms with Gasteiger partial charge < -0.3 is 15.6 Å². The molecule has 0 saturated heterocycles. The number of nitrogens with two attached hydrogens (primary N) is 1. The molecule has 0 saturated carbocycles. The zero-order valence-corrected chi connectivity index (χ0v) is 12.6. The Morgan fingerprint density at radius 3 is 2.67 bits per heavy atom. The van der Waals surface area contributed by atoms with Crippen LogP contribution in [0.4, 0.5) is 23.1 Å². The van der Waals surface area contributed by atoms with Crippen LogP contribution in [0.1, 0.15) is 16.1 Å². The monoisotopic (exact) mass is 326 g/mol. The number of hydrogen-bond acceptors (Lipinski definition) is 9. The molecule has 0 spiro atoms. The van der Waals surface area contributed by atoms with Crippen LogP contribution >= 0.6 is 0 Å². The molecule has 5 N–H and O–H groups in total. The number of nitrogen functional groups attached to an aromatic ring is 1. The molecule has 0 aliphatic heterocycles. The standard InChI is InChI=1S/C14H14N8O2/c1-8-6-10(22-24-8)19-12-11(15)13(18-7-17-12)20-21-14(23)9-2-4-16-5-3-9/h2-7H,15H2,1H3,(H,21,23)(H2,17,18,19,20,22). The second kappa shape index (κ2) is 6.60. The Balaban J connectivity index is 1.70. The molecule has 0 atom stereocenters. The Labute approximate surface area is 136 Å². The molecule has 0 unspecified atom stereocenters. The first-order chi connectivity index (χ1) is 11.6. The molecule has 3 aromatic heterocycles. The highest BCUT2D eigenvalue weighted by molar-refractivity contribution is 5.95. The van der Waals surface area contributed by atoms with Gasteiger partial charge in [0.2, 0.25) is 0 Å². The lowest BCUT2D eigenvalue weighted by atomic mass is 10.3. The van der Waals surface area contributed by atoms with E-state index in [0.29, 0.717) is 23.0 Å². The Bertz CT molecular complexity index is 849. The average Bonchev–Trinajstić information content (AvgIpc) is 3.01. The lowest BCUT2D eigenvalue weighted by molar-refractivity contribution is 0.0962. The van der Waals surface area contributed by atoms with E-state index in [9.17, 15) is 4.79 Å². The number of amides is 1. The number of nitrogens with one attached hydrogen (secondary N) is 3. The molecule has 10 heteroatoms. The van der Waals surface area contributed by atoms with Crippen molar-refractivity contribution in [2.24, 2.45) is 0 Å². The van der Waals surface area contributed by atoms with Crippen LogP contribution in [0.5, 0.6) is 0 Å². The summed E-state index contributed by atoms with van der Waals surface area (Å²) >= 11 is 0. The maximum absolute atomic E-state index is 12.0. The average molecular weight is 326 g/mol. The van der Waals surface area contributed by atoms with Crippen LogP contribution < -0.4 is 21.9 Å². The number of carbonyl (C=O) groups is 1. The number of hydrogen-bond donors (Lipinski definition) is 4. The largest absolute Gasteiger partial charge is 0.393 e. The van der Waals surface area contributed by atoms with E-state index in [0.717, 1.165) is 0 Å². The smallest absolute Gasteiger partial charge is 0.269 e. The molecule has 3 rings (SSSR count). The van der Waals surface area contributed by atoms with Crippen LogP contribution in [0.2, 0.25) is 0 Å². The molecule has 3 aromatic rings. The van der Waals surface area contributed by atoms with Gasteiger partial charge in [-0.1, -0.05) is 5.16 Å². The molecule has 0 aromatic carbocycles. The van der Waals surface area contributed by atoms with Gasteiger partial charge in [-0.25, -0.2) is 9.97 Å². The first-order valence-electron chi connectivity index (χ1n) is 6.90. The summed E-state index contributed by atoms with van der Waals surface area (Å²) in [5.41, 5.74) is 11.8. The summed E-state index contributed by atoms with van der Waals surface area (Å²) in [5, 5.41) is 6.71. The molecule has 0 bridgehead atoms. The predicted octanol–water partition coefficient (Wildman–Crippen LogP) is 1.25. The molecule has 0 aliphatic rings. The molecule has 3 heterocycles. The lowest BCUT2D eigenvalue weighted by Gasteiger charge is -2.12. The summed E-state index contributed by atoms with van der Waals surface area (Å²) in [6.45, 7) is 1.77. The van der Waals surface area contributed by atoms with Gasteiger partial charge >= 0.3 is 0 Å². The van der Waals surface area contributed by atoms with Gasteiger partial charge in [0.25, 0.3) is 5.91 Å². The fourth-order valence-electron chi connectivity index (χ4n) is 1.83. The SMILES string of the molecule is Cc1cc(Nc2ncnc(NNC(=O)c3ccncc3)c2N)no1. The summed E-state index contributed by atoms with van der Waals surface area (Å²) in [4.78, 5) is 23.9. The van der Waals surface area contributed by atoms with E-state index >= 15 is 0 Å².